The molecule has 0 aromatic carbocycles. The van der Waals surface area contributed by atoms with Gasteiger partial charge in [0.05, 0.1) is 6.10 Å². The Bertz CT molecular complexity index is 46.5. The number of ether oxygens (including phenoxy) is 1. The predicted molar refractivity (Wildman–Crippen MR) is 23.9 cm³/mol. The summed E-state index contributed by atoms with van der Waals surface area (Å²) in [7, 11) is 0. The van der Waals surface area contributed by atoms with Crippen molar-refractivity contribution in [1.82, 2.24) is 0 Å². The van der Waals surface area contributed by atoms with Crippen molar-refractivity contribution in [2.75, 3.05) is 0 Å². The molecular formula is C4H8NaO3-. The quantitative estimate of drug-likeness (QED) is 0.300. The molecule has 4 heteroatoms. The van der Waals surface area contributed by atoms with Crippen molar-refractivity contribution in [1.29, 1.82) is 0 Å². The first-order chi connectivity index (χ1) is 2.77. The second-order valence-corrected chi connectivity index (χ2v) is 1.25. The summed E-state index contributed by atoms with van der Waals surface area (Å²) in [5.41, 5.74) is 0. The molecule has 0 fully saturated rings. The number of hydrogen-bond acceptors (Lipinski definition) is 3. The van der Waals surface area contributed by atoms with E-state index in [4.69, 9.17) is 0 Å². The molecule has 0 heterocycles. The van der Waals surface area contributed by atoms with E-state index in [2.05, 4.69) is 4.74 Å². The monoisotopic (exact) mass is 127 g/mol. The summed E-state index contributed by atoms with van der Waals surface area (Å²) in [5, 5.41) is 0. The number of rotatable bonds is 2. The first kappa shape index (κ1) is 15.8. The van der Waals surface area contributed by atoms with Crippen molar-refractivity contribution in [2.24, 2.45) is 0 Å². The van der Waals surface area contributed by atoms with E-state index in [0.29, 0.717) is 0 Å². The van der Waals surface area contributed by atoms with Gasteiger partial charge in [0, 0.05) is 0 Å². The molecule has 0 bridgehead atoms. The molecule has 8 heavy (non-hydrogen) atoms. The Morgan fingerprint density at radius 1 is 1.50 bits per heavy atom. The molecule has 0 rings (SSSR count). The van der Waals surface area contributed by atoms with Crippen LogP contribution in [0.1, 0.15) is 13.8 Å². The summed E-state index contributed by atoms with van der Waals surface area (Å²) >= 11 is 0. The molecule has 0 saturated carbocycles. The van der Waals surface area contributed by atoms with Crippen LogP contribution in [-0.4, -0.2) is 18.1 Å². The number of hydrogen-bond donors (Lipinski definition) is 0. The van der Waals surface area contributed by atoms with E-state index in [9.17, 15) is 4.79 Å². The number of carbonyl (C=O) groups excluding carboxylic acids is 1. The van der Waals surface area contributed by atoms with Crippen LogP contribution in [0.5, 0.6) is 0 Å². The molecule has 3 nitrogen and oxygen atoms in total. The van der Waals surface area contributed by atoms with Crippen LogP contribution in [0.25, 0.3) is 0 Å². The molecule has 1 N–H and O–H groups in total. The standard InChI is InChI=1S/C4H7O2.Na.H2O/c1-4(2)6-3-5;;/h4H,1-2H3;;1H2/q-1;+1;/p-1. The molecule has 0 aliphatic heterocycles. The summed E-state index contributed by atoms with van der Waals surface area (Å²) in [6, 6.07) is 0. The van der Waals surface area contributed by atoms with Gasteiger partial charge in [0.15, 0.2) is 0 Å². The normalized spacial score (nSPS) is 6.38. The largest absolute Gasteiger partial charge is 1.00 e. The van der Waals surface area contributed by atoms with Crippen molar-refractivity contribution >= 4 is 6.47 Å². The van der Waals surface area contributed by atoms with Crippen molar-refractivity contribution in [3.63, 3.8) is 0 Å². The summed E-state index contributed by atoms with van der Waals surface area (Å²) in [6.45, 7) is 4.85. The van der Waals surface area contributed by atoms with Gasteiger partial charge in [-0.3, -0.25) is 0 Å². The Hall–Kier alpha value is 0.430. The molecule has 0 unspecified atom stereocenters. The first-order valence-corrected chi connectivity index (χ1v) is 1.80. The molecule has 0 aliphatic rings. The van der Waals surface area contributed by atoms with Crippen LogP contribution in [0.3, 0.4) is 0 Å². The summed E-state index contributed by atoms with van der Waals surface area (Å²) in [4.78, 5) is 9.27. The zero-order valence-electron chi connectivity index (χ0n) is 5.34. The third kappa shape index (κ3) is 16.1. The fourth-order valence-corrected chi connectivity index (χ4v) is 0.0962. The van der Waals surface area contributed by atoms with Crippen LogP contribution < -0.4 is 29.6 Å². The smallest absolute Gasteiger partial charge is 0.870 e. The Morgan fingerprint density at radius 2 is 1.88 bits per heavy atom. The van der Waals surface area contributed by atoms with Gasteiger partial charge in [0.2, 0.25) is 0 Å². The van der Waals surface area contributed by atoms with E-state index in [1.165, 1.54) is 6.47 Å². The van der Waals surface area contributed by atoms with E-state index in [-0.39, 0.29) is 41.1 Å². The summed E-state index contributed by atoms with van der Waals surface area (Å²) in [5.74, 6) is 0. The van der Waals surface area contributed by atoms with Crippen molar-refractivity contribution in [2.45, 2.75) is 20.0 Å². The third-order valence-electron chi connectivity index (χ3n) is 0.284. The molecule has 0 spiro atoms. The van der Waals surface area contributed by atoms with Gasteiger partial charge in [-0.15, -0.1) is 0 Å². The van der Waals surface area contributed by atoms with Gasteiger partial charge in [-0.05, 0) is 13.8 Å². The maximum atomic E-state index is 9.27. The molecule has 0 radical (unpaired) electrons. The average molecular weight is 127 g/mol. The molecule has 0 aromatic rings. The maximum absolute atomic E-state index is 9.27. The molecular weight excluding hydrogens is 119 g/mol. The van der Waals surface area contributed by atoms with Crippen LogP contribution in [0.2, 0.25) is 0 Å². The predicted octanol–water partition coefficient (Wildman–Crippen LogP) is -2.69. The minimum Gasteiger partial charge on any atom is -0.870 e. The molecule has 0 saturated heterocycles. The van der Waals surface area contributed by atoms with Gasteiger partial charge in [0.1, 0.15) is 0 Å². The van der Waals surface area contributed by atoms with Crippen LogP contribution >= 0.6 is 0 Å². The van der Waals surface area contributed by atoms with Gasteiger partial charge < -0.3 is 15.0 Å². The molecule has 0 amide bonds. The van der Waals surface area contributed by atoms with Crippen molar-refractivity contribution in [3.05, 3.63) is 0 Å². The second-order valence-electron chi connectivity index (χ2n) is 1.25. The Balaban J connectivity index is -0.000000125. The van der Waals surface area contributed by atoms with Crippen LogP contribution in [0.15, 0.2) is 0 Å². The fourth-order valence-electron chi connectivity index (χ4n) is 0.0962. The van der Waals surface area contributed by atoms with Gasteiger partial charge in [0.25, 0.3) is 0 Å². The molecule has 44 valence electrons. The Morgan fingerprint density at radius 3 is 1.88 bits per heavy atom. The first-order valence-electron chi connectivity index (χ1n) is 1.80. The molecule has 0 aromatic heterocycles. The van der Waals surface area contributed by atoms with Gasteiger partial charge in [-0.25, -0.2) is 0 Å². The minimum atomic E-state index is -0.0255. The summed E-state index contributed by atoms with van der Waals surface area (Å²) in [6.07, 6.45) is -0.0255. The fraction of sp³-hybridized carbons (Fsp3) is 0.750. The Labute approximate surface area is 71.0 Å². The maximum Gasteiger partial charge on any atom is 1.00 e. The second kappa shape index (κ2) is 10.4. The van der Waals surface area contributed by atoms with E-state index >= 15 is 0 Å². The van der Waals surface area contributed by atoms with E-state index in [1.807, 2.05) is 0 Å². The van der Waals surface area contributed by atoms with Crippen molar-refractivity contribution < 1.29 is 44.6 Å². The molecule has 0 atom stereocenters. The summed E-state index contributed by atoms with van der Waals surface area (Å²) < 4.78 is 4.24. The SMILES string of the molecule is CC(C)O[C-]=O.[Na+].[OH-]. The van der Waals surface area contributed by atoms with Crippen LogP contribution in [-0.2, 0) is 9.53 Å². The third-order valence-corrected chi connectivity index (χ3v) is 0.284. The average Bonchev–Trinajstić information content (AvgIpc) is 1.35. The topological polar surface area (TPSA) is 56.3 Å². The zero-order valence-corrected chi connectivity index (χ0v) is 7.34. The molecule has 0 aliphatic carbocycles. The van der Waals surface area contributed by atoms with Gasteiger partial charge >= 0.3 is 29.6 Å². The van der Waals surface area contributed by atoms with Gasteiger partial charge in [-0.2, -0.15) is 0 Å². The minimum absolute atomic E-state index is 0. The van der Waals surface area contributed by atoms with Crippen LogP contribution in [0, 0.1) is 0 Å². The Kier molecular flexibility index (Phi) is 20.6. The van der Waals surface area contributed by atoms with Crippen molar-refractivity contribution in [3.8, 4) is 0 Å². The van der Waals surface area contributed by atoms with Crippen LogP contribution in [0.4, 0.5) is 0 Å². The van der Waals surface area contributed by atoms with E-state index < -0.39 is 0 Å². The zero-order chi connectivity index (χ0) is 4.99. The van der Waals surface area contributed by atoms with E-state index in [1.54, 1.807) is 13.8 Å². The van der Waals surface area contributed by atoms with Gasteiger partial charge in [-0.1, -0.05) is 6.47 Å². The van der Waals surface area contributed by atoms with E-state index in [0.717, 1.165) is 0 Å².